The molecule has 2 aliphatic heterocycles. The molecule has 92 heavy (non-hydrogen) atoms. The van der Waals surface area contributed by atoms with E-state index < -0.39 is 10.8 Å². The summed E-state index contributed by atoms with van der Waals surface area (Å²) in [5.41, 5.74) is 22.9. The third kappa shape index (κ3) is 7.35. The second-order valence-electron chi connectivity index (χ2n) is 25.1. The molecule has 5 heteroatoms. The van der Waals surface area contributed by atoms with Gasteiger partial charge in [0.1, 0.15) is 23.0 Å². The number of fused-ring (bicyclic) bond motifs is 20. The first-order valence-corrected chi connectivity index (χ1v) is 31.9. The number of aromatic nitrogens is 2. The lowest BCUT2D eigenvalue weighted by atomic mass is 9.64. The van der Waals surface area contributed by atoms with Gasteiger partial charge < -0.3 is 9.47 Å². The first-order valence-electron chi connectivity index (χ1n) is 31.9. The van der Waals surface area contributed by atoms with Crippen molar-refractivity contribution < 1.29 is 9.47 Å². The number of hydrogen-bond donors (Lipinski definition) is 0. The molecule has 0 N–H and O–H groups in total. The highest BCUT2D eigenvalue weighted by Crippen LogP contribution is 2.66. The minimum absolute atomic E-state index is 0.0804. The number of benzene rings is 13. The molecule has 3 aliphatic carbocycles. The Hall–Kier alpha value is -11.7. The van der Waals surface area contributed by atoms with Crippen LogP contribution in [-0.2, 0) is 10.8 Å². The zero-order chi connectivity index (χ0) is 60.7. The number of para-hydroxylation sites is 5. The third-order valence-corrected chi connectivity index (χ3v) is 20.7. The van der Waals surface area contributed by atoms with Crippen LogP contribution in [0.2, 0.25) is 0 Å². The Balaban J connectivity index is 0.714. The molecule has 0 radical (unpaired) electrons. The van der Waals surface area contributed by atoms with Gasteiger partial charge in [-0.2, -0.15) is 5.26 Å². The summed E-state index contributed by atoms with van der Waals surface area (Å²) in [6, 6.07) is 108. The summed E-state index contributed by atoms with van der Waals surface area (Å²) in [6.45, 7) is 0. The fourth-order valence-electron chi connectivity index (χ4n) is 16.8. The lowest BCUT2D eigenvalue weighted by Gasteiger charge is -2.40. The molecular formula is C87H55N3O2. The van der Waals surface area contributed by atoms with Crippen LogP contribution in [0.1, 0.15) is 73.9 Å². The van der Waals surface area contributed by atoms with E-state index in [1.54, 1.807) is 0 Å². The summed E-state index contributed by atoms with van der Waals surface area (Å²) in [7, 11) is 0. The zero-order valence-corrected chi connectivity index (χ0v) is 50.0. The van der Waals surface area contributed by atoms with Crippen LogP contribution in [-0.4, -0.2) is 9.97 Å². The third-order valence-electron chi connectivity index (χ3n) is 20.7. The number of ether oxygens (including phenoxy) is 2. The predicted molar refractivity (Wildman–Crippen MR) is 368 cm³/mol. The Morgan fingerprint density at radius 1 is 0.370 bits per heavy atom. The summed E-state index contributed by atoms with van der Waals surface area (Å²) in [5.74, 6) is 3.36. The Labute approximate surface area is 533 Å². The monoisotopic (exact) mass is 1170 g/mol. The summed E-state index contributed by atoms with van der Waals surface area (Å²) in [5, 5.41) is 15.0. The number of rotatable bonds is 6. The van der Waals surface area contributed by atoms with Crippen LogP contribution in [0, 0.1) is 17.2 Å². The molecule has 0 saturated carbocycles. The minimum atomic E-state index is -0.762. The SMILES string of the molecule is N#CC1C(c2ccc3c(c2)C2(c4ccccc4Oc4c(-c5cccc(-c6nc(-c7cccc8ccccc78)c7ccccc7n6)c5)cccc42)c2ccccc2-3)C=CCC1c1cccc(-c2cccc3c2Oc2ccccc2C32c3ccccc3-c3ccccc32)c1. The van der Waals surface area contributed by atoms with Crippen molar-refractivity contribution >= 4 is 21.7 Å². The fraction of sp³-hybridized carbons (Fsp3) is 0.0690. The normalized spacial score (nSPS) is 17.9. The molecule has 13 aromatic carbocycles. The van der Waals surface area contributed by atoms with Crippen molar-refractivity contribution in [2.75, 3.05) is 0 Å². The number of nitrogens with zero attached hydrogens (tertiary/aromatic N) is 3. The quantitative estimate of drug-likeness (QED) is 0.155. The van der Waals surface area contributed by atoms with Gasteiger partial charge in [0.2, 0.25) is 0 Å². The predicted octanol–water partition coefficient (Wildman–Crippen LogP) is 21.4. The molecular weight excluding hydrogens is 1120 g/mol. The molecule has 4 atom stereocenters. The maximum Gasteiger partial charge on any atom is 0.160 e. The molecule has 14 aromatic rings. The molecule has 430 valence electrons. The molecule has 3 heterocycles. The van der Waals surface area contributed by atoms with Crippen molar-refractivity contribution in [2.24, 2.45) is 5.92 Å². The topological polar surface area (TPSA) is 68.0 Å². The molecule has 0 amide bonds. The molecule has 0 fully saturated rings. The van der Waals surface area contributed by atoms with Gasteiger partial charge in [0.25, 0.3) is 0 Å². The van der Waals surface area contributed by atoms with Crippen molar-refractivity contribution in [1.82, 2.24) is 9.97 Å². The van der Waals surface area contributed by atoms with Gasteiger partial charge in [0, 0.05) is 61.7 Å². The summed E-state index contributed by atoms with van der Waals surface area (Å²) in [4.78, 5) is 10.7. The zero-order valence-electron chi connectivity index (χ0n) is 50.0. The van der Waals surface area contributed by atoms with E-state index in [4.69, 9.17) is 19.4 Å². The maximum atomic E-state index is 11.7. The van der Waals surface area contributed by atoms with Crippen LogP contribution < -0.4 is 9.47 Å². The van der Waals surface area contributed by atoms with Gasteiger partial charge in [0.15, 0.2) is 5.82 Å². The Morgan fingerprint density at radius 3 is 1.53 bits per heavy atom. The van der Waals surface area contributed by atoms with E-state index >= 15 is 0 Å². The van der Waals surface area contributed by atoms with Crippen molar-refractivity contribution in [3.8, 4) is 96.2 Å². The van der Waals surface area contributed by atoms with Crippen molar-refractivity contribution in [1.29, 1.82) is 5.26 Å². The van der Waals surface area contributed by atoms with Crippen molar-refractivity contribution in [3.05, 3.63) is 359 Å². The molecule has 19 rings (SSSR count). The van der Waals surface area contributed by atoms with Gasteiger partial charge in [-0.1, -0.05) is 279 Å². The van der Waals surface area contributed by atoms with Gasteiger partial charge in [-0.05, 0) is 108 Å². The van der Waals surface area contributed by atoms with E-state index in [9.17, 15) is 5.26 Å². The standard InChI is InChI=1S/C87H55N3O2/c88-52-70-60(54-23-15-24-55(49-54)62-34-19-42-76-83(62)91-80-45-13-10-40-74(80)86(76)71-37-7-3-28-64(71)65-29-4-8-38-72(65)86)32-18-33-61(70)57-47-48-67-66-30-5-9-39-73(66)87(78(67)51-57)75-41-11-14-46-81(75)92-84-63(35-20-43-77(84)87)56-25-16-26-58(50-56)85-89-79-44-12-6-31-69(79)82(90-85)68-36-17-22-53-21-1-2-27-59(53)68/h1-31,33-51,60-61,70H,32H2. The smallest absolute Gasteiger partial charge is 0.160 e. The largest absolute Gasteiger partial charge is 0.456 e. The van der Waals surface area contributed by atoms with Gasteiger partial charge in [-0.25, -0.2) is 9.97 Å². The van der Waals surface area contributed by atoms with Crippen molar-refractivity contribution in [2.45, 2.75) is 29.1 Å². The van der Waals surface area contributed by atoms with Crippen LogP contribution in [0.5, 0.6) is 23.0 Å². The summed E-state index contributed by atoms with van der Waals surface area (Å²) in [6.07, 6.45) is 5.34. The lowest BCUT2D eigenvalue weighted by molar-refractivity contribution is 0.437. The van der Waals surface area contributed by atoms with Gasteiger partial charge in [-0.15, -0.1) is 0 Å². The Kier molecular flexibility index (Phi) is 11.4. The van der Waals surface area contributed by atoms with Gasteiger partial charge in [-0.3, -0.25) is 0 Å². The second-order valence-corrected chi connectivity index (χ2v) is 25.1. The van der Waals surface area contributed by atoms with Gasteiger partial charge >= 0.3 is 0 Å². The van der Waals surface area contributed by atoms with Crippen molar-refractivity contribution in [3.63, 3.8) is 0 Å². The highest BCUT2D eigenvalue weighted by Gasteiger charge is 2.53. The molecule has 2 spiro atoms. The first-order chi connectivity index (χ1) is 45.6. The molecule has 4 unspecified atom stereocenters. The average Bonchev–Trinajstić information content (AvgIpc) is 1.52. The number of allylic oxidation sites excluding steroid dienone is 2. The van der Waals surface area contributed by atoms with E-state index in [1.165, 1.54) is 49.9 Å². The minimum Gasteiger partial charge on any atom is -0.456 e. The number of nitriles is 1. The van der Waals surface area contributed by atoms with Gasteiger partial charge in [0.05, 0.1) is 34.0 Å². The highest BCUT2D eigenvalue weighted by atomic mass is 16.5. The molecule has 0 bridgehead atoms. The van der Waals surface area contributed by atoms with Crippen LogP contribution in [0.25, 0.3) is 88.8 Å². The summed E-state index contributed by atoms with van der Waals surface area (Å²) < 4.78 is 14.4. The van der Waals surface area contributed by atoms with Crippen LogP contribution in [0.15, 0.2) is 303 Å². The van der Waals surface area contributed by atoms with E-state index in [0.717, 1.165) is 118 Å². The maximum absolute atomic E-state index is 11.7. The number of hydrogen-bond acceptors (Lipinski definition) is 5. The molecule has 1 aromatic heterocycles. The van der Waals surface area contributed by atoms with E-state index in [2.05, 4.69) is 303 Å². The fourth-order valence-corrected chi connectivity index (χ4v) is 16.8. The molecule has 5 nitrogen and oxygen atoms in total. The molecule has 5 aliphatic rings. The Bertz CT molecular complexity index is 5490. The van der Waals surface area contributed by atoms with E-state index in [0.29, 0.717) is 5.82 Å². The lowest BCUT2D eigenvalue weighted by Crippen LogP contribution is -2.32. The summed E-state index contributed by atoms with van der Waals surface area (Å²) >= 11 is 0. The van der Waals surface area contributed by atoms with Crippen LogP contribution in [0.4, 0.5) is 0 Å². The second kappa shape index (κ2) is 20.2. The van der Waals surface area contributed by atoms with Crippen LogP contribution >= 0.6 is 0 Å². The average molecular weight is 1170 g/mol. The van der Waals surface area contributed by atoms with Crippen LogP contribution in [0.3, 0.4) is 0 Å². The molecule has 0 saturated heterocycles. The van der Waals surface area contributed by atoms with E-state index in [1.807, 2.05) is 6.07 Å². The van der Waals surface area contributed by atoms with E-state index in [-0.39, 0.29) is 17.8 Å². The first kappa shape index (κ1) is 52.2. The Morgan fingerprint density at radius 2 is 0.859 bits per heavy atom. The highest BCUT2D eigenvalue weighted by molar-refractivity contribution is 6.04.